The van der Waals surface area contributed by atoms with Crippen LogP contribution in [0.2, 0.25) is 0 Å². The lowest BCUT2D eigenvalue weighted by Crippen LogP contribution is -2.09. The van der Waals surface area contributed by atoms with E-state index in [4.69, 9.17) is 49.7 Å². The van der Waals surface area contributed by atoms with E-state index in [0.717, 1.165) is 7.05 Å². The van der Waals surface area contributed by atoms with E-state index in [-0.39, 0.29) is 0 Å². The maximum Gasteiger partial charge on any atom is 0.194 e. The van der Waals surface area contributed by atoms with Gasteiger partial charge in [-0.15, -0.1) is 0 Å². The zero-order chi connectivity index (χ0) is 13.0. The maximum atomic E-state index is 8.81. The molecule has 0 heterocycles. The molecule has 94 valence electrons. The van der Waals surface area contributed by atoms with E-state index in [1.165, 1.54) is 0 Å². The highest BCUT2D eigenvalue weighted by Gasteiger charge is 1.94. The first-order valence-electron chi connectivity index (χ1n) is 4.25. The molecule has 0 saturated heterocycles. The molecule has 0 fully saturated rings. The molecule has 0 aromatic carbocycles. The molecule has 7 heteroatoms. The third-order valence-electron chi connectivity index (χ3n) is 0.544. The molecule has 0 spiro atoms. The third kappa shape index (κ3) is 119. The van der Waals surface area contributed by atoms with Crippen molar-refractivity contribution in [1.82, 2.24) is 0 Å². The van der Waals surface area contributed by atoms with Gasteiger partial charge in [0.2, 0.25) is 0 Å². The molecule has 0 unspecified atom stereocenters. The molecule has 0 aliphatic rings. The van der Waals surface area contributed by atoms with E-state index in [1.807, 2.05) is 27.7 Å². The van der Waals surface area contributed by atoms with Crippen LogP contribution in [0.3, 0.4) is 0 Å². The molecule has 0 atom stereocenters. The minimum absolute atomic E-state index is 0.375. The van der Waals surface area contributed by atoms with Gasteiger partial charge >= 0.3 is 0 Å². The molecule has 0 aromatic rings. The highest BCUT2D eigenvalue weighted by atomic mass is 35.6. The maximum absolute atomic E-state index is 8.81. The molecule has 4 nitrogen and oxygen atoms in total. The van der Waals surface area contributed by atoms with Crippen molar-refractivity contribution in [2.24, 2.45) is 0 Å². The number of rotatable bonds is 2. The van der Waals surface area contributed by atoms with E-state index < -0.39 is 9.22 Å². The van der Waals surface area contributed by atoms with Gasteiger partial charge in [-0.05, 0) is 27.7 Å². The summed E-state index contributed by atoms with van der Waals surface area (Å²) in [6.45, 7) is 8.17. The number of hydrogen-bond donors (Lipinski definition) is 0. The highest BCUT2D eigenvalue weighted by molar-refractivity contribution is 6.63. The van der Waals surface area contributed by atoms with E-state index in [9.17, 15) is 0 Å². The first kappa shape index (κ1) is 20.6. The molecule has 0 radical (unpaired) electrons. The zero-order valence-corrected chi connectivity index (χ0v) is 11.8. The predicted molar refractivity (Wildman–Crippen MR) is 65.6 cm³/mol. The average molecular weight is 283 g/mol. The predicted octanol–water partition coefficient (Wildman–Crippen LogP) is 3.70. The lowest BCUT2D eigenvalue weighted by Gasteiger charge is -2.09. The van der Waals surface area contributed by atoms with Gasteiger partial charge in [-0.3, -0.25) is 10.1 Å². The summed E-state index contributed by atoms with van der Waals surface area (Å²) < 4.78 is 4.50. The fraction of sp³-hybridized carbons (Fsp3) is 1.00. The molecule has 0 aliphatic carbocycles. The summed E-state index contributed by atoms with van der Waals surface area (Å²) in [7, 11) is 0.889. The molecule has 0 rings (SSSR count). The van der Waals surface area contributed by atoms with Crippen molar-refractivity contribution in [2.75, 3.05) is 7.05 Å². The Morgan fingerprint density at radius 2 is 1.20 bits per heavy atom. The summed E-state index contributed by atoms with van der Waals surface area (Å²) in [5, 5.41) is 8.81. The van der Waals surface area contributed by atoms with Crippen molar-refractivity contribution in [3.8, 4) is 0 Å². The van der Waals surface area contributed by atoms with E-state index in [0.29, 0.717) is 12.2 Å². The molecule has 0 N–H and O–H groups in total. The minimum Gasteiger partial charge on any atom is -0.376 e. The average Bonchev–Trinajstić information content (AvgIpc) is 1.78. The van der Waals surface area contributed by atoms with Crippen molar-refractivity contribution >= 4 is 34.8 Å². The smallest absolute Gasteiger partial charge is 0.194 e. The first-order chi connectivity index (χ1) is 6.59. The van der Waals surface area contributed by atoms with Gasteiger partial charge in [0.1, 0.15) is 0 Å². The Balaban J connectivity index is -0.000000155. The Morgan fingerprint density at radius 1 is 1.07 bits per heavy atom. The molecule has 0 saturated carbocycles. The van der Waals surface area contributed by atoms with Crippen LogP contribution in [0.4, 0.5) is 0 Å². The van der Waals surface area contributed by atoms with Crippen molar-refractivity contribution in [3.63, 3.8) is 0 Å². The topological polar surface area (TPSA) is 52.4 Å². The van der Waals surface area contributed by atoms with Crippen molar-refractivity contribution in [1.29, 1.82) is 0 Å². The quantitative estimate of drug-likeness (QED) is 0.441. The Kier molecular flexibility index (Phi) is 19.6. The number of halogens is 3. The van der Waals surface area contributed by atoms with Crippen molar-refractivity contribution < 1.29 is 9.66 Å². The second-order valence-electron chi connectivity index (χ2n) is 2.92. The second kappa shape index (κ2) is 14.2. The van der Waals surface area contributed by atoms with Crippen molar-refractivity contribution in [2.45, 2.75) is 44.2 Å². The van der Waals surface area contributed by atoms with Gasteiger partial charge in [-0.1, -0.05) is 34.8 Å². The van der Waals surface area contributed by atoms with Crippen molar-refractivity contribution in [3.05, 3.63) is 10.1 Å². The molecule has 0 amide bonds. The zero-order valence-electron chi connectivity index (χ0n) is 9.54. The van der Waals surface area contributed by atoms with E-state index in [1.54, 1.807) is 0 Å². The van der Waals surface area contributed by atoms with Crippen LogP contribution >= 0.6 is 34.8 Å². The molecular weight excluding hydrogens is 264 g/mol. The van der Waals surface area contributed by atoms with Crippen LogP contribution in [0.1, 0.15) is 27.7 Å². The van der Waals surface area contributed by atoms with E-state index in [2.05, 4.69) is 0 Å². The van der Waals surface area contributed by atoms with Gasteiger partial charge in [0, 0.05) is 4.92 Å². The summed E-state index contributed by atoms with van der Waals surface area (Å²) in [5.41, 5.74) is 0. The number of nitrogens with zero attached hydrogens (tertiary/aromatic N) is 1. The number of hydrogen-bond acceptors (Lipinski definition) is 3. The van der Waals surface area contributed by atoms with Crippen LogP contribution in [-0.2, 0) is 4.74 Å². The lowest BCUT2D eigenvalue weighted by atomic mass is 10.4. The second-order valence-corrected chi connectivity index (χ2v) is 4.90. The Morgan fingerprint density at radius 3 is 1.20 bits per heavy atom. The molecule has 15 heavy (non-hydrogen) atoms. The number of ether oxygens (including phenoxy) is 1. The monoisotopic (exact) mass is 281 g/mol. The minimum atomic E-state index is -0.750. The number of alkyl halides is 3. The summed E-state index contributed by atoms with van der Waals surface area (Å²) in [6.07, 6.45) is 0.750. The SMILES string of the molecule is CC(C)OC(C)C.C[N+](=O)[O-].ClC(Cl)Cl. The molecule has 0 aromatic heterocycles. The van der Waals surface area contributed by atoms with Crippen LogP contribution in [0.25, 0.3) is 0 Å². The Labute approximate surface area is 106 Å². The van der Waals surface area contributed by atoms with Gasteiger partial charge in [0.15, 0.2) is 11.3 Å². The first-order valence-corrected chi connectivity index (χ1v) is 5.56. The van der Waals surface area contributed by atoms with Gasteiger partial charge < -0.3 is 4.74 Å². The lowest BCUT2D eigenvalue weighted by molar-refractivity contribution is -0.445. The normalized spacial score (nSPS) is 9.27. The molecule has 0 bridgehead atoms. The Bertz CT molecular complexity index is 130. The largest absolute Gasteiger partial charge is 0.376 e. The number of nitro groups is 1. The highest BCUT2D eigenvalue weighted by Crippen LogP contribution is 2.03. The van der Waals surface area contributed by atoms with Crippen LogP contribution in [0.15, 0.2) is 0 Å². The fourth-order valence-electron chi connectivity index (χ4n) is 0.544. The van der Waals surface area contributed by atoms with Gasteiger partial charge in [0.25, 0.3) is 0 Å². The van der Waals surface area contributed by atoms with E-state index >= 15 is 0 Å². The van der Waals surface area contributed by atoms with Gasteiger partial charge in [-0.25, -0.2) is 0 Å². The van der Waals surface area contributed by atoms with Crippen LogP contribution < -0.4 is 0 Å². The van der Waals surface area contributed by atoms with Crippen LogP contribution in [-0.4, -0.2) is 28.5 Å². The Hall–Kier alpha value is 0.230. The summed E-state index contributed by atoms with van der Waals surface area (Å²) in [6, 6.07) is 0. The van der Waals surface area contributed by atoms with Crippen LogP contribution in [0, 0.1) is 10.1 Å². The molecule has 0 aliphatic heterocycles. The summed E-state index contributed by atoms with van der Waals surface area (Å²) in [5.74, 6) is 0. The fourth-order valence-corrected chi connectivity index (χ4v) is 0.544. The summed E-state index contributed by atoms with van der Waals surface area (Å²) in [4.78, 5) is 8.31. The van der Waals surface area contributed by atoms with Gasteiger partial charge in [-0.2, -0.15) is 0 Å². The summed E-state index contributed by atoms with van der Waals surface area (Å²) >= 11 is 14.4. The molecular formula is C8H18Cl3NO3. The third-order valence-corrected chi connectivity index (χ3v) is 0.544. The van der Waals surface area contributed by atoms with Gasteiger partial charge in [0.05, 0.1) is 12.2 Å². The van der Waals surface area contributed by atoms with Crippen LogP contribution in [0.5, 0.6) is 0 Å². The standard InChI is InChI=1S/C6H14O.CHCl3.CH3NO2/c1-5(2)7-6(3)4;2-1(3)4;1-2(3)4/h5-6H,1-4H3;1H;1H3.